The maximum Gasteiger partial charge on any atom is 0.154 e. The van der Waals surface area contributed by atoms with E-state index in [1.807, 2.05) is 55.1 Å². The molecule has 4 rings (SSSR count). The average Bonchev–Trinajstić information content (AvgIpc) is 3.21. The van der Waals surface area contributed by atoms with Crippen LogP contribution >= 0.6 is 0 Å². The number of nitrogens with zero attached hydrogens (tertiary/aromatic N) is 4. The Morgan fingerprint density at radius 1 is 1.09 bits per heavy atom. The SMILES string of the molecule is Cn1nc(-c2ccco2)c(-c2nc3ccccc3n2C)c1N. The van der Waals surface area contributed by atoms with Crippen molar-refractivity contribution in [2.75, 3.05) is 5.73 Å². The van der Waals surface area contributed by atoms with Crippen molar-refractivity contribution in [1.29, 1.82) is 0 Å². The van der Waals surface area contributed by atoms with Crippen LogP contribution in [0.3, 0.4) is 0 Å². The van der Waals surface area contributed by atoms with Gasteiger partial charge < -0.3 is 14.7 Å². The normalized spacial score (nSPS) is 11.4. The highest BCUT2D eigenvalue weighted by Gasteiger charge is 2.23. The van der Waals surface area contributed by atoms with Gasteiger partial charge in [-0.05, 0) is 24.3 Å². The van der Waals surface area contributed by atoms with Crippen molar-refractivity contribution in [2.24, 2.45) is 14.1 Å². The quantitative estimate of drug-likeness (QED) is 0.616. The summed E-state index contributed by atoms with van der Waals surface area (Å²) >= 11 is 0. The van der Waals surface area contributed by atoms with Gasteiger partial charge in [0.25, 0.3) is 0 Å². The summed E-state index contributed by atoms with van der Waals surface area (Å²) in [5, 5.41) is 4.48. The molecule has 22 heavy (non-hydrogen) atoms. The summed E-state index contributed by atoms with van der Waals surface area (Å²) in [6.45, 7) is 0. The molecule has 3 heterocycles. The summed E-state index contributed by atoms with van der Waals surface area (Å²) in [4.78, 5) is 4.72. The highest BCUT2D eigenvalue weighted by atomic mass is 16.3. The molecule has 2 N–H and O–H groups in total. The summed E-state index contributed by atoms with van der Waals surface area (Å²) in [6, 6.07) is 11.7. The highest BCUT2D eigenvalue weighted by molar-refractivity contribution is 5.88. The van der Waals surface area contributed by atoms with Crippen molar-refractivity contribution < 1.29 is 4.42 Å². The molecule has 0 amide bonds. The smallest absolute Gasteiger partial charge is 0.154 e. The summed E-state index contributed by atoms with van der Waals surface area (Å²) in [7, 11) is 3.79. The number of aromatic nitrogens is 4. The van der Waals surface area contributed by atoms with Crippen LogP contribution in [0.4, 0.5) is 5.82 Å². The van der Waals surface area contributed by atoms with E-state index in [0.29, 0.717) is 17.3 Å². The molecule has 0 fully saturated rings. The van der Waals surface area contributed by atoms with Gasteiger partial charge in [-0.3, -0.25) is 4.68 Å². The first-order chi connectivity index (χ1) is 10.7. The van der Waals surface area contributed by atoms with Gasteiger partial charge in [-0.2, -0.15) is 5.10 Å². The van der Waals surface area contributed by atoms with Crippen LogP contribution in [-0.4, -0.2) is 19.3 Å². The number of benzene rings is 1. The lowest BCUT2D eigenvalue weighted by Crippen LogP contribution is -2.00. The number of fused-ring (bicyclic) bond motifs is 1. The molecule has 0 unspecified atom stereocenters. The Kier molecular flexibility index (Phi) is 2.59. The van der Waals surface area contributed by atoms with Gasteiger partial charge in [0.05, 0.1) is 22.9 Å². The summed E-state index contributed by atoms with van der Waals surface area (Å²) in [5.41, 5.74) is 9.70. The Labute approximate surface area is 126 Å². The molecule has 6 nitrogen and oxygen atoms in total. The molecule has 0 radical (unpaired) electrons. The van der Waals surface area contributed by atoms with Crippen molar-refractivity contribution in [3.05, 3.63) is 42.7 Å². The van der Waals surface area contributed by atoms with Crippen LogP contribution in [0, 0.1) is 0 Å². The molecular weight excluding hydrogens is 278 g/mol. The lowest BCUT2D eigenvalue weighted by molar-refractivity contribution is 0.578. The van der Waals surface area contributed by atoms with Crippen LogP contribution in [0.15, 0.2) is 47.1 Å². The first-order valence-electron chi connectivity index (χ1n) is 6.95. The van der Waals surface area contributed by atoms with Gasteiger partial charge in [-0.25, -0.2) is 4.98 Å². The fraction of sp³-hybridized carbons (Fsp3) is 0.125. The van der Waals surface area contributed by atoms with Crippen molar-refractivity contribution in [3.8, 4) is 22.8 Å². The van der Waals surface area contributed by atoms with Crippen LogP contribution in [0.5, 0.6) is 0 Å². The van der Waals surface area contributed by atoms with E-state index in [1.54, 1.807) is 10.9 Å². The lowest BCUT2D eigenvalue weighted by atomic mass is 10.2. The first-order valence-corrected chi connectivity index (χ1v) is 6.95. The van der Waals surface area contributed by atoms with E-state index in [0.717, 1.165) is 22.4 Å². The Hall–Kier alpha value is -3.02. The number of imidazole rings is 1. The van der Waals surface area contributed by atoms with E-state index in [4.69, 9.17) is 15.1 Å². The predicted molar refractivity (Wildman–Crippen MR) is 85.0 cm³/mol. The molecule has 0 saturated carbocycles. The number of hydrogen-bond donors (Lipinski definition) is 1. The largest absolute Gasteiger partial charge is 0.463 e. The van der Waals surface area contributed by atoms with Crippen molar-refractivity contribution in [3.63, 3.8) is 0 Å². The second-order valence-electron chi connectivity index (χ2n) is 5.19. The third kappa shape index (κ3) is 1.67. The van der Waals surface area contributed by atoms with E-state index in [-0.39, 0.29) is 0 Å². The van der Waals surface area contributed by atoms with Crippen molar-refractivity contribution in [2.45, 2.75) is 0 Å². The lowest BCUT2D eigenvalue weighted by Gasteiger charge is -2.03. The maximum atomic E-state index is 6.24. The molecule has 3 aromatic heterocycles. The summed E-state index contributed by atoms with van der Waals surface area (Å²) < 4.78 is 9.16. The monoisotopic (exact) mass is 293 g/mol. The number of aryl methyl sites for hydroxylation is 2. The zero-order valence-corrected chi connectivity index (χ0v) is 12.3. The Bertz CT molecular complexity index is 962. The average molecular weight is 293 g/mol. The number of nitrogens with two attached hydrogens (primary N) is 1. The zero-order valence-electron chi connectivity index (χ0n) is 12.3. The van der Waals surface area contributed by atoms with E-state index >= 15 is 0 Å². The third-order valence-corrected chi connectivity index (χ3v) is 3.86. The van der Waals surface area contributed by atoms with Crippen LogP contribution in [0.2, 0.25) is 0 Å². The maximum absolute atomic E-state index is 6.24. The number of para-hydroxylation sites is 2. The van der Waals surface area contributed by atoms with Gasteiger partial charge in [0, 0.05) is 14.1 Å². The second kappa shape index (κ2) is 4.49. The molecule has 1 aromatic carbocycles. The fourth-order valence-electron chi connectivity index (χ4n) is 2.71. The minimum atomic E-state index is 0.560. The van der Waals surface area contributed by atoms with E-state index in [2.05, 4.69) is 5.10 Å². The summed E-state index contributed by atoms with van der Waals surface area (Å²) in [5.74, 6) is 2.01. The van der Waals surface area contributed by atoms with Gasteiger partial charge in [-0.1, -0.05) is 12.1 Å². The molecule has 0 aliphatic heterocycles. The van der Waals surface area contributed by atoms with E-state index in [9.17, 15) is 0 Å². The number of rotatable bonds is 2. The van der Waals surface area contributed by atoms with E-state index < -0.39 is 0 Å². The molecule has 110 valence electrons. The predicted octanol–water partition coefficient (Wildman–Crippen LogP) is 2.82. The zero-order chi connectivity index (χ0) is 15.3. The van der Waals surface area contributed by atoms with Gasteiger partial charge in [-0.15, -0.1) is 0 Å². The van der Waals surface area contributed by atoms with Gasteiger partial charge in [0.1, 0.15) is 17.3 Å². The molecule has 0 aliphatic rings. The van der Waals surface area contributed by atoms with E-state index in [1.165, 1.54) is 0 Å². The number of furan rings is 1. The highest BCUT2D eigenvalue weighted by Crippen LogP contribution is 2.36. The van der Waals surface area contributed by atoms with Gasteiger partial charge >= 0.3 is 0 Å². The standard InChI is InChI=1S/C16H15N5O/c1-20-11-7-4-3-6-10(11)18-16(20)13-14(12-8-5-9-22-12)19-21(2)15(13)17/h3-9H,17H2,1-2H3. The van der Waals surface area contributed by atoms with Crippen molar-refractivity contribution in [1.82, 2.24) is 19.3 Å². The molecular formula is C16H15N5O. The van der Waals surface area contributed by atoms with Gasteiger partial charge in [0.15, 0.2) is 5.76 Å². The summed E-state index contributed by atoms with van der Waals surface area (Å²) in [6.07, 6.45) is 1.62. The van der Waals surface area contributed by atoms with Crippen LogP contribution in [0.25, 0.3) is 33.9 Å². The van der Waals surface area contributed by atoms with Crippen LogP contribution < -0.4 is 5.73 Å². The Balaban J connectivity index is 2.04. The fourth-order valence-corrected chi connectivity index (χ4v) is 2.71. The van der Waals surface area contributed by atoms with Crippen molar-refractivity contribution >= 4 is 16.9 Å². The molecule has 6 heteroatoms. The number of anilines is 1. The first kappa shape index (κ1) is 12.7. The van der Waals surface area contributed by atoms with Crippen LogP contribution in [0.1, 0.15) is 0 Å². The Morgan fingerprint density at radius 3 is 2.64 bits per heavy atom. The van der Waals surface area contributed by atoms with Gasteiger partial charge in [0.2, 0.25) is 0 Å². The minimum absolute atomic E-state index is 0.560. The molecule has 0 bridgehead atoms. The topological polar surface area (TPSA) is 74.8 Å². The molecule has 4 aromatic rings. The number of hydrogen-bond acceptors (Lipinski definition) is 4. The molecule has 0 aliphatic carbocycles. The van der Waals surface area contributed by atoms with Crippen LogP contribution in [-0.2, 0) is 14.1 Å². The second-order valence-corrected chi connectivity index (χ2v) is 5.19. The molecule has 0 atom stereocenters. The molecule has 0 saturated heterocycles. The number of nitrogen functional groups attached to an aromatic ring is 1. The molecule has 0 spiro atoms. The minimum Gasteiger partial charge on any atom is -0.463 e. The Morgan fingerprint density at radius 2 is 1.91 bits per heavy atom. The third-order valence-electron chi connectivity index (χ3n) is 3.86.